The molecule has 2 aromatic heterocycles. The second-order valence-electron chi connectivity index (χ2n) is 6.46. The number of piperidine rings is 1. The van der Waals surface area contributed by atoms with Crippen LogP contribution in [0.3, 0.4) is 0 Å². The van der Waals surface area contributed by atoms with Gasteiger partial charge in [0.15, 0.2) is 0 Å². The maximum Gasteiger partial charge on any atom is 0.240 e. The van der Waals surface area contributed by atoms with E-state index in [0.717, 1.165) is 17.8 Å². The largest absolute Gasteiger partial charge is 0.349 e. The van der Waals surface area contributed by atoms with Gasteiger partial charge in [0.1, 0.15) is 6.54 Å². The van der Waals surface area contributed by atoms with Crippen LogP contribution in [0.15, 0.2) is 31.1 Å². The maximum absolute atomic E-state index is 11.8. The lowest BCUT2D eigenvalue weighted by molar-refractivity contribution is -0.121. The van der Waals surface area contributed by atoms with E-state index in [1.54, 1.807) is 29.5 Å². The first-order chi connectivity index (χ1) is 11.7. The molecule has 7 nitrogen and oxygen atoms in total. The van der Waals surface area contributed by atoms with Crippen molar-refractivity contribution in [2.75, 3.05) is 20.1 Å². The van der Waals surface area contributed by atoms with Crippen molar-refractivity contribution in [1.82, 2.24) is 29.7 Å². The normalized spacial score (nSPS) is 16.2. The van der Waals surface area contributed by atoms with Crippen LogP contribution in [0, 0.1) is 5.92 Å². The van der Waals surface area contributed by atoms with Crippen molar-refractivity contribution in [2.24, 2.45) is 5.92 Å². The van der Waals surface area contributed by atoms with Crippen molar-refractivity contribution >= 4 is 5.91 Å². The molecule has 0 aromatic carbocycles. The first-order valence-corrected chi connectivity index (χ1v) is 8.40. The summed E-state index contributed by atoms with van der Waals surface area (Å²) in [6.45, 7) is 2.99. The van der Waals surface area contributed by atoms with Gasteiger partial charge >= 0.3 is 0 Å². The Hall–Kier alpha value is -2.28. The number of nitrogens with one attached hydrogen (secondary N) is 1. The number of likely N-dealkylation sites (tertiary alicyclic amines) is 1. The fraction of sp³-hybridized carbons (Fsp3) is 0.529. The molecule has 0 radical (unpaired) electrons. The molecule has 1 fully saturated rings. The van der Waals surface area contributed by atoms with E-state index in [1.165, 1.54) is 25.9 Å². The molecule has 0 unspecified atom stereocenters. The van der Waals surface area contributed by atoms with E-state index in [1.807, 2.05) is 6.20 Å². The SMILES string of the molecule is CN1CCC(Cc2cnc(CNC(=O)Cn3ccnc3)cn2)CC1. The second kappa shape index (κ2) is 8.01. The van der Waals surface area contributed by atoms with Crippen molar-refractivity contribution < 1.29 is 4.79 Å². The van der Waals surface area contributed by atoms with Gasteiger partial charge in [-0.05, 0) is 45.3 Å². The van der Waals surface area contributed by atoms with E-state index < -0.39 is 0 Å². The zero-order valence-electron chi connectivity index (χ0n) is 14.1. The smallest absolute Gasteiger partial charge is 0.240 e. The summed E-state index contributed by atoms with van der Waals surface area (Å²) in [5, 5.41) is 2.85. The number of nitrogens with zero attached hydrogens (tertiary/aromatic N) is 5. The molecule has 3 rings (SSSR count). The van der Waals surface area contributed by atoms with E-state index in [2.05, 4.69) is 32.2 Å². The molecule has 1 N–H and O–H groups in total. The minimum Gasteiger partial charge on any atom is -0.349 e. The number of carbonyl (C=O) groups excluding carboxylic acids is 1. The molecule has 1 aliphatic rings. The molecule has 1 aliphatic heterocycles. The summed E-state index contributed by atoms with van der Waals surface area (Å²) in [5.41, 5.74) is 1.82. The standard InChI is InChI=1S/C17H24N6O/c1-22-5-2-14(3-6-22)8-15-9-20-16(10-19-15)11-21-17(24)12-23-7-4-18-13-23/h4,7,9-10,13-14H,2-3,5-6,8,11-12H2,1H3,(H,21,24). The Morgan fingerprint density at radius 3 is 2.67 bits per heavy atom. The lowest BCUT2D eigenvalue weighted by Gasteiger charge is -2.28. The van der Waals surface area contributed by atoms with E-state index in [4.69, 9.17) is 0 Å². The van der Waals surface area contributed by atoms with Crippen LogP contribution in [0.25, 0.3) is 0 Å². The summed E-state index contributed by atoms with van der Waals surface area (Å²) in [6, 6.07) is 0. The topological polar surface area (TPSA) is 75.9 Å². The van der Waals surface area contributed by atoms with Crippen LogP contribution in [0.2, 0.25) is 0 Å². The van der Waals surface area contributed by atoms with Gasteiger partial charge in [-0.25, -0.2) is 4.98 Å². The molecule has 0 saturated carbocycles. The Bertz CT molecular complexity index is 632. The van der Waals surface area contributed by atoms with Crippen LogP contribution in [-0.2, 0) is 24.3 Å². The summed E-state index contributed by atoms with van der Waals surface area (Å²) in [4.78, 5) is 27.0. The lowest BCUT2D eigenvalue weighted by Crippen LogP contribution is -2.31. The quantitative estimate of drug-likeness (QED) is 0.852. The van der Waals surface area contributed by atoms with Gasteiger partial charge in [0.25, 0.3) is 0 Å². The van der Waals surface area contributed by atoms with Gasteiger partial charge in [0, 0.05) is 18.6 Å². The zero-order chi connectivity index (χ0) is 16.8. The highest BCUT2D eigenvalue weighted by molar-refractivity contribution is 5.75. The highest BCUT2D eigenvalue weighted by Crippen LogP contribution is 2.19. The molecule has 1 amide bonds. The Kier molecular flexibility index (Phi) is 5.53. The third-order valence-corrected chi connectivity index (χ3v) is 4.45. The maximum atomic E-state index is 11.8. The van der Waals surface area contributed by atoms with Crippen molar-refractivity contribution in [1.29, 1.82) is 0 Å². The van der Waals surface area contributed by atoms with E-state index in [-0.39, 0.29) is 12.5 Å². The van der Waals surface area contributed by atoms with Crippen molar-refractivity contribution in [3.63, 3.8) is 0 Å². The van der Waals surface area contributed by atoms with Gasteiger partial charge in [-0.2, -0.15) is 0 Å². The Labute approximate surface area is 142 Å². The molecule has 7 heteroatoms. The molecule has 0 aliphatic carbocycles. The fourth-order valence-electron chi connectivity index (χ4n) is 2.93. The molecule has 0 bridgehead atoms. The monoisotopic (exact) mass is 328 g/mol. The summed E-state index contributed by atoms with van der Waals surface area (Å²) in [6.07, 6.45) is 12.1. The predicted octanol–water partition coefficient (Wildman–Crippen LogP) is 0.874. The van der Waals surface area contributed by atoms with Crippen molar-refractivity contribution in [2.45, 2.75) is 32.4 Å². The molecule has 0 spiro atoms. The van der Waals surface area contributed by atoms with Crippen LogP contribution >= 0.6 is 0 Å². The second-order valence-corrected chi connectivity index (χ2v) is 6.46. The molecular formula is C17H24N6O. The summed E-state index contributed by atoms with van der Waals surface area (Å²) in [7, 11) is 2.17. The Morgan fingerprint density at radius 2 is 2.00 bits per heavy atom. The number of imidazole rings is 1. The molecule has 3 heterocycles. The Balaban J connectivity index is 1.43. The van der Waals surface area contributed by atoms with Crippen LogP contribution in [-0.4, -0.2) is 50.5 Å². The first-order valence-electron chi connectivity index (χ1n) is 8.40. The van der Waals surface area contributed by atoms with Crippen molar-refractivity contribution in [3.8, 4) is 0 Å². The number of hydrogen-bond acceptors (Lipinski definition) is 5. The molecule has 2 aromatic rings. The average molecular weight is 328 g/mol. The van der Waals surface area contributed by atoms with E-state index in [0.29, 0.717) is 12.5 Å². The predicted molar refractivity (Wildman–Crippen MR) is 90.0 cm³/mol. The molecule has 0 atom stereocenters. The number of rotatable bonds is 6. The summed E-state index contributed by atoms with van der Waals surface area (Å²) >= 11 is 0. The van der Waals surface area contributed by atoms with Gasteiger partial charge < -0.3 is 14.8 Å². The van der Waals surface area contributed by atoms with Crippen molar-refractivity contribution in [3.05, 3.63) is 42.5 Å². The average Bonchev–Trinajstić information content (AvgIpc) is 3.09. The van der Waals surface area contributed by atoms with Crippen LogP contribution in [0.5, 0.6) is 0 Å². The fourth-order valence-corrected chi connectivity index (χ4v) is 2.93. The zero-order valence-corrected chi connectivity index (χ0v) is 14.1. The highest BCUT2D eigenvalue weighted by atomic mass is 16.1. The highest BCUT2D eigenvalue weighted by Gasteiger charge is 2.17. The number of carbonyl (C=O) groups is 1. The summed E-state index contributed by atoms with van der Waals surface area (Å²) in [5.74, 6) is 0.640. The minimum absolute atomic E-state index is 0.0646. The van der Waals surface area contributed by atoms with Gasteiger partial charge in [-0.3, -0.25) is 14.8 Å². The van der Waals surface area contributed by atoms with Gasteiger partial charge in [0.2, 0.25) is 5.91 Å². The van der Waals surface area contributed by atoms with E-state index in [9.17, 15) is 4.79 Å². The molecule has 24 heavy (non-hydrogen) atoms. The number of aromatic nitrogens is 4. The summed E-state index contributed by atoms with van der Waals surface area (Å²) < 4.78 is 1.73. The Morgan fingerprint density at radius 1 is 1.25 bits per heavy atom. The van der Waals surface area contributed by atoms with Gasteiger partial charge in [0.05, 0.1) is 30.5 Å². The lowest BCUT2D eigenvalue weighted by atomic mass is 9.92. The molecule has 128 valence electrons. The number of hydrogen-bond donors (Lipinski definition) is 1. The van der Waals surface area contributed by atoms with Gasteiger partial charge in [-0.15, -0.1) is 0 Å². The van der Waals surface area contributed by atoms with Gasteiger partial charge in [-0.1, -0.05) is 0 Å². The van der Waals surface area contributed by atoms with E-state index >= 15 is 0 Å². The molecular weight excluding hydrogens is 304 g/mol. The van der Waals surface area contributed by atoms with Crippen LogP contribution in [0.4, 0.5) is 0 Å². The molecule has 1 saturated heterocycles. The first kappa shape index (κ1) is 16.6. The van der Waals surface area contributed by atoms with Crippen LogP contribution < -0.4 is 5.32 Å². The third-order valence-electron chi connectivity index (χ3n) is 4.45. The number of amides is 1. The van der Waals surface area contributed by atoms with Crippen LogP contribution in [0.1, 0.15) is 24.2 Å². The minimum atomic E-state index is -0.0646. The third kappa shape index (κ3) is 4.86.